The number of benzene rings is 2. The number of allylic oxidation sites excluding steroid dienone is 1. The van der Waals surface area contributed by atoms with Gasteiger partial charge < -0.3 is 5.11 Å². The Labute approximate surface area is 134 Å². The van der Waals surface area contributed by atoms with E-state index < -0.39 is 0 Å². The van der Waals surface area contributed by atoms with Gasteiger partial charge in [0.25, 0.3) is 0 Å². The van der Waals surface area contributed by atoms with Crippen molar-refractivity contribution in [3.8, 4) is 11.6 Å². The molecule has 4 nitrogen and oxygen atoms in total. The van der Waals surface area contributed by atoms with E-state index in [1.807, 2.05) is 48.5 Å². The van der Waals surface area contributed by atoms with Crippen molar-refractivity contribution in [1.82, 2.24) is 9.13 Å². The molecule has 0 atom stereocenters. The molecular weight excluding hydrogens is 288 g/mol. The SMILES string of the molecule is C=CCn1c(Cc2ccccc2)c(O)n(-c2ccccc2)c1=O. The van der Waals surface area contributed by atoms with Gasteiger partial charge in [-0.1, -0.05) is 54.6 Å². The van der Waals surface area contributed by atoms with E-state index in [-0.39, 0.29) is 11.6 Å². The number of aromatic nitrogens is 2. The Bertz CT molecular complexity index is 862. The fourth-order valence-corrected chi connectivity index (χ4v) is 2.67. The Balaban J connectivity index is 2.15. The second kappa shape index (κ2) is 6.40. The second-order valence-corrected chi connectivity index (χ2v) is 5.29. The van der Waals surface area contributed by atoms with Crippen molar-refractivity contribution < 1.29 is 5.11 Å². The van der Waals surface area contributed by atoms with Crippen LogP contribution in [0.1, 0.15) is 11.3 Å². The summed E-state index contributed by atoms with van der Waals surface area (Å²) in [7, 11) is 0. The molecule has 0 aliphatic carbocycles. The molecule has 23 heavy (non-hydrogen) atoms. The first-order chi connectivity index (χ1) is 11.2. The van der Waals surface area contributed by atoms with Gasteiger partial charge in [-0.25, -0.2) is 9.36 Å². The number of para-hydroxylation sites is 1. The molecule has 0 saturated carbocycles. The summed E-state index contributed by atoms with van der Waals surface area (Å²) in [5.74, 6) is -0.0214. The monoisotopic (exact) mass is 306 g/mol. The van der Waals surface area contributed by atoms with Crippen molar-refractivity contribution in [3.63, 3.8) is 0 Å². The molecule has 3 rings (SSSR count). The molecule has 0 aliphatic heterocycles. The zero-order valence-electron chi connectivity index (χ0n) is 12.7. The molecule has 2 aromatic carbocycles. The molecule has 4 heteroatoms. The quantitative estimate of drug-likeness (QED) is 0.736. The average molecular weight is 306 g/mol. The second-order valence-electron chi connectivity index (χ2n) is 5.29. The highest BCUT2D eigenvalue weighted by Crippen LogP contribution is 2.23. The van der Waals surface area contributed by atoms with E-state index in [0.717, 1.165) is 5.56 Å². The largest absolute Gasteiger partial charge is 0.493 e. The summed E-state index contributed by atoms with van der Waals surface area (Å²) >= 11 is 0. The maximum absolute atomic E-state index is 12.7. The van der Waals surface area contributed by atoms with Crippen molar-refractivity contribution in [1.29, 1.82) is 0 Å². The zero-order chi connectivity index (χ0) is 16.2. The molecule has 0 bridgehead atoms. The maximum Gasteiger partial charge on any atom is 0.336 e. The van der Waals surface area contributed by atoms with Crippen LogP contribution in [0.4, 0.5) is 0 Å². The van der Waals surface area contributed by atoms with Crippen molar-refractivity contribution >= 4 is 0 Å². The Hall–Kier alpha value is -3.01. The lowest BCUT2D eigenvalue weighted by atomic mass is 10.1. The van der Waals surface area contributed by atoms with Gasteiger partial charge in [0, 0.05) is 13.0 Å². The van der Waals surface area contributed by atoms with Crippen LogP contribution in [0.5, 0.6) is 5.88 Å². The van der Waals surface area contributed by atoms with E-state index >= 15 is 0 Å². The molecular formula is C19H18N2O2. The number of hydrogen-bond acceptors (Lipinski definition) is 2. The van der Waals surface area contributed by atoms with Crippen LogP contribution in [-0.2, 0) is 13.0 Å². The Morgan fingerprint density at radius 2 is 1.61 bits per heavy atom. The molecule has 0 aliphatic rings. The number of aromatic hydroxyl groups is 1. The third kappa shape index (κ3) is 2.83. The summed E-state index contributed by atoms with van der Waals surface area (Å²) in [6, 6.07) is 18.9. The molecule has 0 saturated heterocycles. The Morgan fingerprint density at radius 1 is 1.00 bits per heavy atom. The van der Waals surface area contributed by atoms with E-state index in [9.17, 15) is 9.90 Å². The number of nitrogens with zero attached hydrogens (tertiary/aromatic N) is 2. The molecule has 0 radical (unpaired) electrons. The minimum absolute atomic E-state index is 0.0214. The van der Waals surface area contributed by atoms with Crippen LogP contribution < -0.4 is 5.69 Å². The minimum Gasteiger partial charge on any atom is -0.493 e. The lowest BCUT2D eigenvalue weighted by Crippen LogP contribution is -2.23. The first kappa shape index (κ1) is 14.9. The van der Waals surface area contributed by atoms with Crippen LogP contribution in [0.2, 0.25) is 0 Å². The van der Waals surface area contributed by atoms with E-state index in [2.05, 4.69) is 6.58 Å². The van der Waals surface area contributed by atoms with Crippen LogP contribution in [-0.4, -0.2) is 14.2 Å². The van der Waals surface area contributed by atoms with Crippen molar-refractivity contribution in [3.05, 3.63) is 95.1 Å². The lowest BCUT2D eigenvalue weighted by Gasteiger charge is -2.05. The van der Waals surface area contributed by atoms with Gasteiger partial charge in [-0.15, -0.1) is 6.58 Å². The topological polar surface area (TPSA) is 47.2 Å². The summed E-state index contributed by atoms with van der Waals surface area (Å²) in [4.78, 5) is 12.7. The zero-order valence-corrected chi connectivity index (χ0v) is 12.7. The van der Waals surface area contributed by atoms with Gasteiger partial charge in [-0.3, -0.25) is 4.57 Å². The fraction of sp³-hybridized carbons (Fsp3) is 0.105. The van der Waals surface area contributed by atoms with E-state index in [4.69, 9.17) is 0 Å². The van der Waals surface area contributed by atoms with Gasteiger partial charge in [0.1, 0.15) is 0 Å². The van der Waals surface area contributed by atoms with Gasteiger partial charge in [0.2, 0.25) is 5.88 Å². The van der Waals surface area contributed by atoms with Gasteiger partial charge in [-0.2, -0.15) is 0 Å². The molecule has 1 N–H and O–H groups in total. The van der Waals surface area contributed by atoms with Gasteiger partial charge in [-0.05, 0) is 17.7 Å². The van der Waals surface area contributed by atoms with Gasteiger partial charge in [0.05, 0.1) is 11.4 Å². The third-order valence-electron chi connectivity index (χ3n) is 3.76. The van der Waals surface area contributed by atoms with Gasteiger partial charge >= 0.3 is 5.69 Å². The molecule has 0 unspecified atom stereocenters. The number of imidazole rings is 1. The van der Waals surface area contributed by atoms with Crippen LogP contribution >= 0.6 is 0 Å². The van der Waals surface area contributed by atoms with Crippen LogP contribution in [0.3, 0.4) is 0 Å². The fourth-order valence-electron chi connectivity index (χ4n) is 2.67. The van der Waals surface area contributed by atoms with Gasteiger partial charge in [0.15, 0.2) is 0 Å². The summed E-state index contributed by atoms with van der Waals surface area (Å²) in [5, 5.41) is 10.6. The molecule has 0 fully saturated rings. The van der Waals surface area contributed by atoms with Crippen LogP contribution in [0.25, 0.3) is 5.69 Å². The predicted octanol–water partition coefficient (Wildman–Crippen LogP) is 3.12. The maximum atomic E-state index is 12.7. The molecule has 0 amide bonds. The van der Waals surface area contributed by atoms with Crippen molar-refractivity contribution in [2.24, 2.45) is 0 Å². The Morgan fingerprint density at radius 3 is 2.22 bits per heavy atom. The average Bonchev–Trinajstić information content (AvgIpc) is 2.81. The van der Waals surface area contributed by atoms with Crippen LogP contribution in [0.15, 0.2) is 78.1 Å². The minimum atomic E-state index is -0.264. The van der Waals surface area contributed by atoms with E-state index in [0.29, 0.717) is 24.3 Å². The lowest BCUT2D eigenvalue weighted by molar-refractivity contribution is 0.435. The highest BCUT2D eigenvalue weighted by Gasteiger charge is 2.19. The normalized spacial score (nSPS) is 10.6. The van der Waals surface area contributed by atoms with Crippen LogP contribution in [0, 0.1) is 0 Å². The van der Waals surface area contributed by atoms with E-state index in [1.165, 1.54) is 4.57 Å². The molecule has 3 aromatic rings. The predicted molar refractivity (Wildman–Crippen MR) is 91.1 cm³/mol. The van der Waals surface area contributed by atoms with E-state index in [1.54, 1.807) is 22.8 Å². The smallest absolute Gasteiger partial charge is 0.336 e. The number of hydrogen-bond donors (Lipinski definition) is 1. The summed E-state index contributed by atoms with van der Waals surface area (Å²) in [6.45, 7) is 4.06. The van der Waals surface area contributed by atoms with Crippen molar-refractivity contribution in [2.75, 3.05) is 0 Å². The summed E-state index contributed by atoms with van der Waals surface area (Å²) in [5.41, 5.74) is 2.00. The highest BCUT2D eigenvalue weighted by molar-refractivity contribution is 5.39. The first-order valence-corrected chi connectivity index (χ1v) is 7.46. The molecule has 0 spiro atoms. The first-order valence-electron chi connectivity index (χ1n) is 7.46. The Kier molecular flexibility index (Phi) is 4.15. The molecule has 1 heterocycles. The third-order valence-corrected chi connectivity index (χ3v) is 3.76. The standard InChI is InChI=1S/C19H18N2O2/c1-2-13-20-17(14-15-9-5-3-6-10-15)18(22)21(19(20)23)16-11-7-4-8-12-16/h2-12,22H,1,13-14H2. The molecule has 1 aromatic heterocycles. The highest BCUT2D eigenvalue weighted by atomic mass is 16.3. The summed E-state index contributed by atoms with van der Waals surface area (Å²) in [6.07, 6.45) is 2.14. The number of rotatable bonds is 5. The summed E-state index contributed by atoms with van der Waals surface area (Å²) < 4.78 is 2.89. The van der Waals surface area contributed by atoms with Crippen molar-refractivity contribution in [2.45, 2.75) is 13.0 Å². The molecule has 116 valence electrons.